The lowest BCUT2D eigenvalue weighted by atomic mass is 10.1. The van der Waals surface area contributed by atoms with E-state index >= 15 is 0 Å². The number of carboxylic acids is 1. The van der Waals surface area contributed by atoms with Crippen LogP contribution in [0.3, 0.4) is 0 Å². The highest BCUT2D eigenvalue weighted by atomic mass is 16.5. The quantitative estimate of drug-likeness (QED) is 0.925. The number of morpholine rings is 1. The normalized spacial score (nSPS) is 20.8. The molecule has 1 unspecified atom stereocenters. The van der Waals surface area contributed by atoms with E-state index in [-0.39, 0.29) is 18.6 Å². The van der Waals surface area contributed by atoms with Gasteiger partial charge < -0.3 is 19.2 Å². The second kappa shape index (κ2) is 6.45. The molecule has 0 spiro atoms. The van der Waals surface area contributed by atoms with Gasteiger partial charge in [-0.3, -0.25) is 4.79 Å². The fourth-order valence-corrected chi connectivity index (χ4v) is 2.77. The number of ether oxygens (including phenoxy) is 1. The maximum absolute atomic E-state index is 12.7. The van der Waals surface area contributed by atoms with Gasteiger partial charge in [-0.05, 0) is 38.1 Å². The van der Waals surface area contributed by atoms with Gasteiger partial charge in [0.15, 0.2) is 11.9 Å². The zero-order chi connectivity index (χ0) is 17.3. The lowest BCUT2D eigenvalue weighted by Crippen LogP contribution is -2.51. The molecule has 1 N–H and O–H groups in total. The monoisotopic (exact) mass is 330 g/mol. The maximum Gasteiger partial charge on any atom is 0.334 e. The van der Waals surface area contributed by atoms with Crippen LogP contribution >= 0.6 is 0 Å². The van der Waals surface area contributed by atoms with Crippen LogP contribution in [0.5, 0.6) is 0 Å². The molecule has 3 rings (SSSR count). The van der Waals surface area contributed by atoms with E-state index in [2.05, 4.69) is 4.98 Å². The summed E-state index contributed by atoms with van der Waals surface area (Å²) in [6.07, 6.45) is 0.222. The number of carboxylic acid groups (broad SMARTS) is 1. The number of carbonyl (C=O) groups excluding carboxylic acids is 1. The third-order valence-electron chi connectivity index (χ3n) is 3.91. The van der Waals surface area contributed by atoms with Crippen LogP contribution in [0.4, 0.5) is 0 Å². The van der Waals surface area contributed by atoms with Crippen LogP contribution in [0.15, 0.2) is 34.9 Å². The number of rotatable bonds is 3. The van der Waals surface area contributed by atoms with Crippen LogP contribution in [0.2, 0.25) is 0 Å². The molecule has 1 saturated heterocycles. The zero-order valence-electron chi connectivity index (χ0n) is 13.4. The number of aryl methyl sites for hydroxylation is 1. The van der Waals surface area contributed by atoms with Crippen molar-refractivity contribution in [1.29, 1.82) is 0 Å². The zero-order valence-corrected chi connectivity index (χ0v) is 13.4. The summed E-state index contributed by atoms with van der Waals surface area (Å²) in [5.41, 5.74) is 1.66. The number of furan rings is 1. The lowest BCUT2D eigenvalue weighted by Gasteiger charge is -2.35. The molecule has 0 saturated carbocycles. The van der Waals surface area contributed by atoms with Crippen molar-refractivity contribution in [3.05, 3.63) is 41.8 Å². The predicted octanol–water partition coefficient (Wildman–Crippen LogP) is 1.96. The van der Waals surface area contributed by atoms with Gasteiger partial charge >= 0.3 is 5.97 Å². The number of hydrogen-bond acceptors (Lipinski definition) is 5. The summed E-state index contributed by atoms with van der Waals surface area (Å²) in [7, 11) is 0. The van der Waals surface area contributed by atoms with Gasteiger partial charge in [-0.25, -0.2) is 9.78 Å². The summed E-state index contributed by atoms with van der Waals surface area (Å²) in [6, 6.07) is 6.98. The van der Waals surface area contributed by atoms with Crippen molar-refractivity contribution in [3.63, 3.8) is 0 Å². The number of pyridine rings is 1. The van der Waals surface area contributed by atoms with E-state index in [1.165, 1.54) is 4.90 Å². The average Bonchev–Trinajstić information content (AvgIpc) is 3.08. The topological polar surface area (TPSA) is 92.9 Å². The molecule has 2 atom stereocenters. The largest absolute Gasteiger partial charge is 0.479 e. The van der Waals surface area contributed by atoms with Gasteiger partial charge in [-0.1, -0.05) is 0 Å². The number of amides is 1. The van der Waals surface area contributed by atoms with Crippen molar-refractivity contribution in [2.45, 2.75) is 26.1 Å². The van der Waals surface area contributed by atoms with E-state index in [1.54, 1.807) is 44.4 Å². The summed E-state index contributed by atoms with van der Waals surface area (Å²) in [6.45, 7) is 3.87. The van der Waals surface area contributed by atoms with Crippen LogP contribution in [0.1, 0.15) is 23.0 Å². The van der Waals surface area contributed by atoms with Gasteiger partial charge in [-0.15, -0.1) is 0 Å². The van der Waals surface area contributed by atoms with Crippen molar-refractivity contribution < 1.29 is 23.8 Å². The average molecular weight is 330 g/mol. The van der Waals surface area contributed by atoms with Crippen molar-refractivity contribution in [1.82, 2.24) is 9.88 Å². The summed E-state index contributed by atoms with van der Waals surface area (Å²) in [5, 5.41) is 9.14. The van der Waals surface area contributed by atoms with Crippen LogP contribution in [0, 0.1) is 6.92 Å². The Hall–Kier alpha value is -2.67. The number of nitrogens with zero attached hydrogens (tertiary/aromatic N) is 2. The maximum atomic E-state index is 12.7. The van der Waals surface area contributed by atoms with Crippen LogP contribution in [-0.2, 0) is 9.53 Å². The summed E-state index contributed by atoms with van der Waals surface area (Å²) < 4.78 is 10.6. The first-order valence-electron chi connectivity index (χ1n) is 7.64. The van der Waals surface area contributed by atoms with Gasteiger partial charge in [0.05, 0.1) is 30.2 Å². The molecule has 24 heavy (non-hydrogen) atoms. The third kappa shape index (κ3) is 3.16. The highest BCUT2D eigenvalue weighted by Gasteiger charge is 2.33. The first-order valence-corrected chi connectivity index (χ1v) is 7.64. The Balaban J connectivity index is 1.83. The minimum atomic E-state index is -1.07. The molecule has 1 aliphatic rings. The van der Waals surface area contributed by atoms with E-state index in [1.807, 2.05) is 0 Å². The number of hydrogen-bond donors (Lipinski definition) is 1. The SMILES string of the molecule is Cc1nc(-c2ccco2)ccc1C(=O)N1CC(C(=O)O)O[C@H](C)C1. The molecule has 0 aliphatic carbocycles. The highest BCUT2D eigenvalue weighted by molar-refractivity contribution is 5.96. The number of aliphatic carboxylic acids is 1. The van der Waals surface area contributed by atoms with Crippen molar-refractivity contribution in [2.24, 2.45) is 0 Å². The first kappa shape index (κ1) is 16.2. The molecule has 0 radical (unpaired) electrons. The van der Waals surface area contributed by atoms with Crippen molar-refractivity contribution in [3.8, 4) is 11.5 Å². The van der Waals surface area contributed by atoms with E-state index in [4.69, 9.17) is 14.3 Å². The molecule has 7 nitrogen and oxygen atoms in total. The first-order chi connectivity index (χ1) is 11.5. The molecule has 0 aromatic carbocycles. The summed E-state index contributed by atoms with van der Waals surface area (Å²) in [5.74, 6) is -0.683. The standard InChI is InChI=1S/C17H18N2O5/c1-10-8-19(9-15(24-10)17(21)22)16(20)12-5-6-13(18-11(12)2)14-4-3-7-23-14/h3-7,10,15H,8-9H2,1-2H3,(H,21,22)/t10-,15?/m1/s1. The number of carbonyl (C=O) groups is 2. The Morgan fingerprint density at radius 2 is 2.08 bits per heavy atom. The van der Waals surface area contributed by atoms with Gasteiger partial charge in [0.25, 0.3) is 5.91 Å². The molecular weight excluding hydrogens is 312 g/mol. The Morgan fingerprint density at radius 3 is 2.71 bits per heavy atom. The molecule has 0 bridgehead atoms. The molecule has 126 valence electrons. The second-order valence-electron chi connectivity index (χ2n) is 5.79. The van der Waals surface area contributed by atoms with Crippen molar-refractivity contribution in [2.75, 3.05) is 13.1 Å². The van der Waals surface area contributed by atoms with Gasteiger partial charge in [0.1, 0.15) is 5.69 Å². The van der Waals surface area contributed by atoms with Gasteiger partial charge in [0, 0.05) is 6.54 Å². The summed E-state index contributed by atoms with van der Waals surface area (Å²) >= 11 is 0. The molecule has 1 aliphatic heterocycles. The Kier molecular flexibility index (Phi) is 4.35. The fourth-order valence-electron chi connectivity index (χ4n) is 2.77. The lowest BCUT2D eigenvalue weighted by molar-refractivity contribution is -0.160. The molecule has 1 fully saturated rings. The molecule has 3 heterocycles. The highest BCUT2D eigenvalue weighted by Crippen LogP contribution is 2.21. The fraction of sp³-hybridized carbons (Fsp3) is 0.353. The minimum Gasteiger partial charge on any atom is -0.479 e. The smallest absolute Gasteiger partial charge is 0.334 e. The predicted molar refractivity (Wildman–Crippen MR) is 84.6 cm³/mol. The molecule has 7 heteroatoms. The van der Waals surface area contributed by atoms with Crippen LogP contribution in [-0.4, -0.2) is 52.2 Å². The third-order valence-corrected chi connectivity index (χ3v) is 3.91. The second-order valence-corrected chi connectivity index (χ2v) is 5.79. The van der Waals surface area contributed by atoms with Crippen LogP contribution in [0.25, 0.3) is 11.5 Å². The van der Waals surface area contributed by atoms with E-state index in [0.717, 1.165) is 0 Å². The van der Waals surface area contributed by atoms with Crippen LogP contribution < -0.4 is 0 Å². The van der Waals surface area contributed by atoms with E-state index in [0.29, 0.717) is 29.3 Å². The minimum absolute atomic E-state index is 0.0257. The Bertz CT molecular complexity index is 756. The Morgan fingerprint density at radius 1 is 1.29 bits per heavy atom. The van der Waals surface area contributed by atoms with Gasteiger partial charge in [0.2, 0.25) is 0 Å². The molecule has 2 aromatic rings. The molecule has 2 aromatic heterocycles. The van der Waals surface area contributed by atoms with Crippen molar-refractivity contribution >= 4 is 11.9 Å². The van der Waals surface area contributed by atoms with E-state index in [9.17, 15) is 9.59 Å². The Labute approximate surface area is 138 Å². The summed E-state index contributed by atoms with van der Waals surface area (Å²) in [4.78, 5) is 29.8. The van der Waals surface area contributed by atoms with Gasteiger partial charge in [-0.2, -0.15) is 0 Å². The number of aromatic nitrogens is 1. The molecule has 1 amide bonds. The molecular formula is C17H18N2O5. The van der Waals surface area contributed by atoms with E-state index < -0.39 is 12.1 Å².